The monoisotopic (exact) mass is 198 g/mol. The van der Waals surface area contributed by atoms with Gasteiger partial charge in [0.15, 0.2) is 0 Å². The van der Waals surface area contributed by atoms with E-state index in [4.69, 9.17) is 9.47 Å². The van der Waals surface area contributed by atoms with Crippen LogP contribution in [-0.4, -0.2) is 25.8 Å². The molecule has 0 aliphatic carbocycles. The summed E-state index contributed by atoms with van der Waals surface area (Å²) in [5.41, 5.74) is 0.935. The number of ether oxygens (including phenoxy) is 2. The van der Waals surface area contributed by atoms with Gasteiger partial charge in [-0.05, 0) is 18.9 Å². The van der Waals surface area contributed by atoms with E-state index < -0.39 is 0 Å². The van der Waals surface area contributed by atoms with Crippen molar-refractivity contribution in [1.29, 1.82) is 0 Å². The van der Waals surface area contributed by atoms with Gasteiger partial charge in [0.05, 0.1) is 19.8 Å². The Hall–Kier alpha value is -1.09. The highest BCUT2D eigenvalue weighted by molar-refractivity contribution is 5.82. The zero-order valence-corrected chi connectivity index (χ0v) is 8.91. The maximum atomic E-state index is 11.1. The summed E-state index contributed by atoms with van der Waals surface area (Å²) in [5, 5.41) is 0. The van der Waals surface area contributed by atoms with Gasteiger partial charge in [-0.15, -0.1) is 6.58 Å². The smallest absolute Gasteiger partial charge is 0.330 e. The molecule has 3 nitrogen and oxygen atoms in total. The van der Waals surface area contributed by atoms with Crippen molar-refractivity contribution < 1.29 is 14.3 Å². The summed E-state index contributed by atoms with van der Waals surface area (Å²) < 4.78 is 10.0. The topological polar surface area (TPSA) is 35.5 Å². The first-order valence-electron chi connectivity index (χ1n) is 4.79. The molecule has 0 bridgehead atoms. The van der Waals surface area contributed by atoms with E-state index in [9.17, 15) is 4.79 Å². The van der Waals surface area contributed by atoms with Crippen LogP contribution in [-0.2, 0) is 14.3 Å². The zero-order valence-electron chi connectivity index (χ0n) is 8.91. The van der Waals surface area contributed by atoms with Crippen LogP contribution in [0.5, 0.6) is 0 Å². The van der Waals surface area contributed by atoms with E-state index in [2.05, 4.69) is 6.58 Å². The lowest BCUT2D eigenvalue weighted by molar-refractivity contribution is -0.137. The summed E-state index contributed by atoms with van der Waals surface area (Å²) in [6, 6.07) is 0. The van der Waals surface area contributed by atoms with E-state index in [1.54, 1.807) is 13.0 Å². The molecule has 0 aromatic rings. The van der Waals surface area contributed by atoms with E-state index in [0.717, 1.165) is 12.0 Å². The van der Waals surface area contributed by atoms with Crippen molar-refractivity contribution in [2.24, 2.45) is 0 Å². The van der Waals surface area contributed by atoms with Gasteiger partial charge in [0.25, 0.3) is 0 Å². The van der Waals surface area contributed by atoms with Crippen molar-refractivity contribution in [2.75, 3.05) is 19.8 Å². The number of hydrogen-bond acceptors (Lipinski definition) is 3. The van der Waals surface area contributed by atoms with Crippen LogP contribution in [0.1, 0.15) is 20.3 Å². The SMILES string of the molecule is C=CCOC/C(=C\C(=O)OCC)CC. The minimum absolute atomic E-state index is 0.299. The molecule has 0 N–H and O–H groups in total. The lowest BCUT2D eigenvalue weighted by Crippen LogP contribution is -2.04. The van der Waals surface area contributed by atoms with Crippen LogP contribution in [0.3, 0.4) is 0 Å². The second-order valence-corrected chi connectivity index (χ2v) is 2.71. The fourth-order valence-electron chi connectivity index (χ4n) is 0.870. The van der Waals surface area contributed by atoms with Gasteiger partial charge in [0, 0.05) is 6.08 Å². The van der Waals surface area contributed by atoms with Gasteiger partial charge in [-0.1, -0.05) is 13.0 Å². The molecule has 0 saturated carbocycles. The first kappa shape index (κ1) is 12.9. The molecule has 0 spiro atoms. The Kier molecular flexibility index (Phi) is 7.84. The molecule has 3 heteroatoms. The second-order valence-electron chi connectivity index (χ2n) is 2.71. The molecular weight excluding hydrogens is 180 g/mol. The van der Waals surface area contributed by atoms with Crippen LogP contribution in [0.15, 0.2) is 24.3 Å². The van der Waals surface area contributed by atoms with Crippen molar-refractivity contribution in [2.45, 2.75) is 20.3 Å². The van der Waals surface area contributed by atoms with Crippen molar-refractivity contribution in [3.05, 3.63) is 24.3 Å². The fraction of sp³-hybridized carbons (Fsp3) is 0.545. The number of hydrogen-bond donors (Lipinski definition) is 0. The third kappa shape index (κ3) is 6.43. The minimum Gasteiger partial charge on any atom is -0.463 e. The molecule has 0 rings (SSSR count). The lowest BCUT2D eigenvalue weighted by Gasteiger charge is -2.04. The summed E-state index contributed by atoms with van der Waals surface area (Å²) >= 11 is 0. The Morgan fingerprint density at radius 1 is 1.43 bits per heavy atom. The highest BCUT2D eigenvalue weighted by atomic mass is 16.5. The molecule has 0 radical (unpaired) electrons. The molecule has 0 atom stereocenters. The van der Waals surface area contributed by atoms with Gasteiger partial charge in [0.2, 0.25) is 0 Å². The van der Waals surface area contributed by atoms with E-state index in [-0.39, 0.29) is 5.97 Å². The van der Waals surface area contributed by atoms with Gasteiger partial charge < -0.3 is 9.47 Å². The summed E-state index contributed by atoms with van der Waals surface area (Å²) in [5.74, 6) is -0.299. The maximum absolute atomic E-state index is 11.1. The van der Waals surface area contributed by atoms with Crippen molar-refractivity contribution in [1.82, 2.24) is 0 Å². The van der Waals surface area contributed by atoms with E-state index >= 15 is 0 Å². The van der Waals surface area contributed by atoms with Crippen LogP contribution in [0.25, 0.3) is 0 Å². The van der Waals surface area contributed by atoms with Crippen LogP contribution in [0, 0.1) is 0 Å². The largest absolute Gasteiger partial charge is 0.463 e. The van der Waals surface area contributed by atoms with Gasteiger partial charge in [-0.3, -0.25) is 0 Å². The highest BCUT2D eigenvalue weighted by Gasteiger charge is 2.00. The Morgan fingerprint density at radius 3 is 2.64 bits per heavy atom. The lowest BCUT2D eigenvalue weighted by atomic mass is 10.2. The molecule has 0 amide bonds. The normalized spacial score (nSPS) is 11.1. The Labute approximate surface area is 85.4 Å². The predicted octanol–water partition coefficient (Wildman–Crippen LogP) is 2.09. The van der Waals surface area contributed by atoms with E-state index in [1.165, 1.54) is 6.08 Å². The first-order valence-corrected chi connectivity index (χ1v) is 4.79. The molecule has 0 unspecified atom stereocenters. The standard InChI is InChI=1S/C11H18O3/c1-4-7-13-9-10(5-2)8-11(12)14-6-3/h4,8H,1,5-7,9H2,2-3H3/b10-8-. The number of carbonyl (C=O) groups excluding carboxylic acids is 1. The number of esters is 1. The van der Waals surface area contributed by atoms with Gasteiger partial charge in [-0.25, -0.2) is 4.79 Å². The van der Waals surface area contributed by atoms with Gasteiger partial charge in [0.1, 0.15) is 0 Å². The molecule has 0 saturated heterocycles. The molecule has 0 fully saturated rings. The quantitative estimate of drug-likeness (QED) is 0.272. The van der Waals surface area contributed by atoms with Crippen LogP contribution in [0.4, 0.5) is 0 Å². The summed E-state index contributed by atoms with van der Waals surface area (Å²) in [6.45, 7) is 8.66. The molecular formula is C11H18O3. The highest BCUT2D eigenvalue weighted by Crippen LogP contribution is 2.02. The van der Waals surface area contributed by atoms with Crippen molar-refractivity contribution in [3.63, 3.8) is 0 Å². The fourth-order valence-corrected chi connectivity index (χ4v) is 0.870. The number of rotatable bonds is 7. The molecule has 0 aromatic carbocycles. The first-order chi connectivity index (χ1) is 6.74. The van der Waals surface area contributed by atoms with Crippen molar-refractivity contribution >= 4 is 5.97 Å². The molecule has 0 aromatic heterocycles. The average Bonchev–Trinajstić information content (AvgIpc) is 2.17. The molecule has 14 heavy (non-hydrogen) atoms. The maximum Gasteiger partial charge on any atom is 0.330 e. The average molecular weight is 198 g/mol. The number of carbonyl (C=O) groups is 1. The Balaban J connectivity index is 3.96. The molecule has 0 heterocycles. The zero-order chi connectivity index (χ0) is 10.8. The van der Waals surface area contributed by atoms with Crippen LogP contribution < -0.4 is 0 Å². The Bertz CT molecular complexity index is 207. The van der Waals surface area contributed by atoms with Crippen LogP contribution >= 0.6 is 0 Å². The predicted molar refractivity (Wildman–Crippen MR) is 56.0 cm³/mol. The summed E-state index contributed by atoms with van der Waals surface area (Å²) in [7, 11) is 0. The molecule has 80 valence electrons. The Morgan fingerprint density at radius 2 is 2.14 bits per heavy atom. The van der Waals surface area contributed by atoms with Crippen LogP contribution in [0.2, 0.25) is 0 Å². The van der Waals surface area contributed by atoms with Crippen molar-refractivity contribution in [3.8, 4) is 0 Å². The summed E-state index contributed by atoms with van der Waals surface area (Å²) in [4.78, 5) is 11.1. The third-order valence-corrected chi connectivity index (χ3v) is 1.59. The minimum atomic E-state index is -0.299. The summed E-state index contributed by atoms with van der Waals surface area (Å²) in [6.07, 6.45) is 3.96. The van der Waals surface area contributed by atoms with E-state index in [1.807, 2.05) is 6.92 Å². The van der Waals surface area contributed by atoms with E-state index in [0.29, 0.717) is 19.8 Å². The van der Waals surface area contributed by atoms with Gasteiger partial charge >= 0.3 is 5.97 Å². The second kappa shape index (κ2) is 8.51. The third-order valence-electron chi connectivity index (χ3n) is 1.59. The molecule has 0 aliphatic heterocycles. The molecule has 0 aliphatic rings. The van der Waals surface area contributed by atoms with Gasteiger partial charge in [-0.2, -0.15) is 0 Å².